The lowest BCUT2D eigenvalue weighted by molar-refractivity contribution is 0.132. The number of H-pyrrole nitrogens is 1. The molecule has 2 unspecified atom stereocenters. The van der Waals surface area contributed by atoms with Crippen LogP contribution in [0.25, 0.3) is 34.3 Å². The first kappa shape index (κ1) is 27.4. The van der Waals surface area contributed by atoms with E-state index in [0.29, 0.717) is 24.8 Å². The highest BCUT2D eigenvalue weighted by Gasteiger charge is 2.26. The van der Waals surface area contributed by atoms with Crippen LogP contribution in [0.3, 0.4) is 0 Å². The first-order chi connectivity index (χ1) is 19.2. The lowest BCUT2D eigenvalue weighted by Gasteiger charge is -2.26. The predicted octanol–water partition coefficient (Wildman–Crippen LogP) is 3.40. The zero-order valence-corrected chi connectivity index (χ0v) is 23.8. The summed E-state index contributed by atoms with van der Waals surface area (Å²) < 4.78 is 15.9. The van der Waals surface area contributed by atoms with Crippen molar-refractivity contribution in [3.05, 3.63) is 34.4 Å². The smallest absolute Gasteiger partial charge is 0.241 e. The summed E-state index contributed by atoms with van der Waals surface area (Å²) in [6, 6.07) is 3.75. The fourth-order valence-electron chi connectivity index (χ4n) is 5.22. The van der Waals surface area contributed by atoms with E-state index in [9.17, 15) is 10.4 Å². The maximum atomic E-state index is 10.0. The van der Waals surface area contributed by atoms with E-state index in [-0.39, 0.29) is 25.4 Å². The highest BCUT2D eigenvalue weighted by molar-refractivity contribution is 5.93. The molecule has 12 heteroatoms. The number of rotatable bonds is 5. The SMILES string of the molecule is CCN1Cc2c(c(OCC#N)nn2C(C)CO)/C=C/c2[nH]nc3c(C)nc(cc23)-c2c(C)nn(C)c2OC(C)C1. The van der Waals surface area contributed by atoms with E-state index in [1.165, 1.54) is 0 Å². The first-order valence-electron chi connectivity index (χ1n) is 13.4. The Morgan fingerprint density at radius 1 is 1.27 bits per heavy atom. The monoisotopic (exact) mass is 545 g/mol. The van der Waals surface area contributed by atoms with Gasteiger partial charge in [0, 0.05) is 25.5 Å². The second kappa shape index (κ2) is 11.1. The Kier molecular flexibility index (Phi) is 7.60. The summed E-state index contributed by atoms with van der Waals surface area (Å²) in [5, 5.41) is 37.1. The number of nitriles is 1. The minimum Gasteiger partial charge on any atom is -0.473 e. The highest BCUT2D eigenvalue weighted by Crippen LogP contribution is 2.36. The van der Waals surface area contributed by atoms with E-state index >= 15 is 0 Å². The number of aliphatic hydroxyl groups excluding tert-OH is 1. The first-order valence-corrected chi connectivity index (χ1v) is 13.4. The molecular weight excluding hydrogens is 510 g/mol. The molecule has 0 saturated heterocycles. The Morgan fingerprint density at radius 2 is 2.08 bits per heavy atom. The number of fused-ring (bicyclic) bond motifs is 4. The van der Waals surface area contributed by atoms with Gasteiger partial charge in [-0.05, 0) is 52.5 Å². The van der Waals surface area contributed by atoms with Crippen molar-refractivity contribution in [1.82, 2.24) is 39.6 Å². The second-order valence-electron chi connectivity index (χ2n) is 10.2. The van der Waals surface area contributed by atoms with E-state index in [1.54, 1.807) is 9.36 Å². The lowest BCUT2D eigenvalue weighted by Crippen LogP contribution is -2.35. The Bertz CT molecular complexity index is 1610. The molecule has 0 radical (unpaired) electrons. The maximum absolute atomic E-state index is 10.0. The van der Waals surface area contributed by atoms with Crippen LogP contribution < -0.4 is 9.47 Å². The van der Waals surface area contributed by atoms with Crippen LogP contribution in [0.15, 0.2) is 6.07 Å². The van der Waals surface area contributed by atoms with Crippen LogP contribution in [0.2, 0.25) is 0 Å². The molecule has 210 valence electrons. The van der Waals surface area contributed by atoms with Crippen LogP contribution in [0.4, 0.5) is 0 Å². The van der Waals surface area contributed by atoms with Crippen molar-refractivity contribution in [2.45, 2.75) is 53.3 Å². The van der Waals surface area contributed by atoms with Crippen molar-refractivity contribution in [2.24, 2.45) is 7.05 Å². The fourth-order valence-corrected chi connectivity index (χ4v) is 5.22. The molecule has 0 aromatic carbocycles. The molecule has 4 aromatic rings. The van der Waals surface area contributed by atoms with Crippen LogP contribution in [0.5, 0.6) is 11.8 Å². The molecule has 2 bridgehead atoms. The van der Waals surface area contributed by atoms with Crippen LogP contribution in [-0.4, -0.2) is 77.2 Å². The minimum atomic E-state index is -0.291. The maximum Gasteiger partial charge on any atom is 0.241 e. The number of aryl methyl sites for hydroxylation is 3. The molecule has 5 heterocycles. The number of nitrogens with zero attached hydrogens (tertiary/aromatic N) is 8. The predicted molar refractivity (Wildman–Crippen MR) is 151 cm³/mol. The van der Waals surface area contributed by atoms with Gasteiger partial charge in [-0.25, -0.2) is 4.68 Å². The number of hydrogen-bond acceptors (Lipinski definition) is 9. The molecule has 1 aliphatic heterocycles. The summed E-state index contributed by atoms with van der Waals surface area (Å²) in [6.45, 7) is 11.6. The molecule has 0 fully saturated rings. The minimum absolute atomic E-state index is 0.0932. The number of hydrogen-bond donors (Lipinski definition) is 2. The Balaban J connectivity index is 1.75. The van der Waals surface area contributed by atoms with Crippen LogP contribution in [-0.2, 0) is 13.6 Å². The quantitative estimate of drug-likeness (QED) is 0.386. The Labute approximate surface area is 232 Å². The van der Waals surface area contributed by atoms with Crippen molar-refractivity contribution in [3.63, 3.8) is 0 Å². The third-order valence-corrected chi connectivity index (χ3v) is 7.21. The van der Waals surface area contributed by atoms with E-state index < -0.39 is 0 Å². The van der Waals surface area contributed by atoms with E-state index in [1.807, 2.05) is 59.0 Å². The van der Waals surface area contributed by atoms with Gasteiger partial charge in [0.05, 0.1) is 52.2 Å². The van der Waals surface area contributed by atoms with Gasteiger partial charge >= 0.3 is 0 Å². The van der Waals surface area contributed by atoms with Crippen molar-refractivity contribution in [1.29, 1.82) is 5.26 Å². The average Bonchev–Trinajstić information content (AvgIpc) is 3.58. The number of pyridine rings is 1. The zero-order chi connectivity index (χ0) is 28.6. The zero-order valence-electron chi connectivity index (χ0n) is 23.8. The number of aliphatic hydroxyl groups is 1. The van der Waals surface area contributed by atoms with Gasteiger partial charge in [-0.3, -0.25) is 19.7 Å². The standard InChI is InChI=1S/C28H35N9O3/c1-7-36-13-17(3)40-28-25(18(4)33-35(28)6)23-12-21-22(31-32-26(21)19(5)30-23)9-8-20-24(14-36)37(16(2)15-38)34-27(20)39-11-10-29/h8-9,12,16-17,38H,7,11,13-15H2,1-6H3,(H,31,32)/b9-8+. The lowest BCUT2D eigenvalue weighted by atomic mass is 10.1. The summed E-state index contributed by atoms with van der Waals surface area (Å²) in [4.78, 5) is 7.13. The Hall–Kier alpha value is -4.21. The van der Waals surface area contributed by atoms with Crippen molar-refractivity contribution >= 4 is 23.1 Å². The summed E-state index contributed by atoms with van der Waals surface area (Å²) in [6.07, 6.45) is 3.71. The largest absolute Gasteiger partial charge is 0.473 e. The van der Waals surface area contributed by atoms with Crippen LogP contribution in [0.1, 0.15) is 55.2 Å². The summed E-state index contributed by atoms with van der Waals surface area (Å²) in [7, 11) is 1.88. The van der Waals surface area contributed by atoms with Gasteiger partial charge in [0.2, 0.25) is 11.8 Å². The molecule has 40 heavy (non-hydrogen) atoms. The van der Waals surface area contributed by atoms with E-state index in [4.69, 9.17) is 14.5 Å². The van der Waals surface area contributed by atoms with Gasteiger partial charge in [0.25, 0.3) is 0 Å². The molecule has 5 rings (SSSR count). The van der Waals surface area contributed by atoms with Crippen molar-refractivity contribution in [3.8, 4) is 29.1 Å². The summed E-state index contributed by atoms with van der Waals surface area (Å²) in [5.41, 5.74) is 6.42. The van der Waals surface area contributed by atoms with Crippen molar-refractivity contribution in [2.75, 3.05) is 26.3 Å². The number of nitrogens with one attached hydrogen (secondary N) is 1. The van der Waals surface area contributed by atoms with Gasteiger partial charge in [0.15, 0.2) is 6.61 Å². The van der Waals surface area contributed by atoms with Gasteiger partial charge in [-0.2, -0.15) is 15.5 Å². The number of ether oxygens (including phenoxy) is 2. The normalized spacial score (nSPS) is 17.4. The number of aromatic nitrogens is 7. The number of likely N-dealkylation sites (N-methyl/N-ethyl adjacent to an activating group) is 1. The number of aromatic amines is 1. The molecule has 2 N–H and O–H groups in total. The van der Waals surface area contributed by atoms with Crippen LogP contribution >= 0.6 is 0 Å². The molecular formula is C28H35N9O3. The molecule has 0 saturated carbocycles. The van der Waals surface area contributed by atoms with Crippen LogP contribution in [0, 0.1) is 25.2 Å². The molecule has 12 nitrogen and oxygen atoms in total. The third-order valence-electron chi connectivity index (χ3n) is 7.21. The fraction of sp³-hybridized carbons (Fsp3) is 0.464. The van der Waals surface area contributed by atoms with Gasteiger partial charge in [-0.1, -0.05) is 6.92 Å². The van der Waals surface area contributed by atoms with E-state index in [0.717, 1.165) is 57.0 Å². The van der Waals surface area contributed by atoms with Gasteiger partial charge < -0.3 is 14.6 Å². The molecule has 0 amide bonds. The van der Waals surface area contributed by atoms with E-state index in [2.05, 4.69) is 32.2 Å². The highest BCUT2D eigenvalue weighted by atomic mass is 16.5. The summed E-state index contributed by atoms with van der Waals surface area (Å²) in [5.74, 6) is 1.00. The summed E-state index contributed by atoms with van der Waals surface area (Å²) >= 11 is 0. The average molecular weight is 546 g/mol. The molecule has 1 aliphatic rings. The van der Waals surface area contributed by atoms with Gasteiger partial charge in [0.1, 0.15) is 17.7 Å². The van der Waals surface area contributed by atoms with Gasteiger partial charge in [-0.15, -0.1) is 5.10 Å². The molecule has 0 spiro atoms. The third kappa shape index (κ3) is 4.94. The molecule has 4 aromatic heterocycles. The van der Waals surface area contributed by atoms with Crippen molar-refractivity contribution < 1.29 is 14.6 Å². The second-order valence-corrected chi connectivity index (χ2v) is 10.2. The molecule has 0 aliphatic carbocycles. The Morgan fingerprint density at radius 3 is 2.80 bits per heavy atom. The topological polar surface area (TPSA) is 143 Å². The molecule has 2 atom stereocenters.